The van der Waals surface area contributed by atoms with Gasteiger partial charge < -0.3 is 5.73 Å². The summed E-state index contributed by atoms with van der Waals surface area (Å²) in [5.41, 5.74) is 12.8. The molecule has 0 aliphatic rings. The molecule has 0 fully saturated rings. The van der Waals surface area contributed by atoms with Gasteiger partial charge >= 0.3 is 0 Å². The fourth-order valence-electron chi connectivity index (χ4n) is 2.40. The van der Waals surface area contributed by atoms with Crippen molar-refractivity contribution in [3.05, 3.63) is 53.6 Å². The Morgan fingerprint density at radius 1 is 1.05 bits per heavy atom. The van der Waals surface area contributed by atoms with E-state index >= 15 is 0 Å². The SMILES string of the molecule is Cc1ccc(N=C(CN)C(C)C)c(-c2ccccc2C)c1. The molecule has 0 unspecified atom stereocenters. The summed E-state index contributed by atoms with van der Waals surface area (Å²) in [5, 5.41) is 0. The van der Waals surface area contributed by atoms with Crippen molar-refractivity contribution in [2.24, 2.45) is 16.6 Å². The van der Waals surface area contributed by atoms with Crippen LogP contribution in [0.25, 0.3) is 11.1 Å². The summed E-state index contributed by atoms with van der Waals surface area (Å²) in [7, 11) is 0. The summed E-state index contributed by atoms with van der Waals surface area (Å²) < 4.78 is 0. The summed E-state index contributed by atoms with van der Waals surface area (Å²) >= 11 is 0. The van der Waals surface area contributed by atoms with Crippen LogP contribution in [0.2, 0.25) is 0 Å². The molecule has 0 atom stereocenters. The third kappa shape index (κ3) is 3.59. The van der Waals surface area contributed by atoms with Crippen LogP contribution in [0.5, 0.6) is 0 Å². The second kappa shape index (κ2) is 6.68. The van der Waals surface area contributed by atoms with E-state index in [2.05, 4.69) is 70.2 Å². The highest BCUT2D eigenvalue weighted by atomic mass is 14.8. The number of hydrogen-bond donors (Lipinski definition) is 1. The quantitative estimate of drug-likeness (QED) is 0.813. The number of hydrogen-bond acceptors (Lipinski definition) is 2. The number of rotatable bonds is 4. The van der Waals surface area contributed by atoms with Crippen LogP contribution in [0.3, 0.4) is 0 Å². The van der Waals surface area contributed by atoms with Crippen LogP contribution in [0.1, 0.15) is 25.0 Å². The van der Waals surface area contributed by atoms with Crippen LogP contribution in [-0.2, 0) is 0 Å². The molecule has 0 aliphatic carbocycles. The highest BCUT2D eigenvalue weighted by Crippen LogP contribution is 2.33. The van der Waals surface area contributed by atoms with E-state index in [1.807, 2.05) is 0 Å². The van der Waals surface area contributed by atoms with Crippen LogP contribution in [-0.4, -0.2) is 12.3 Å². The van der Waals surface area contributed by atoms with Crippen LogP contribution in [0.15, 0.2) is 47.5 Å². The Bertz CT molecular complexity index is 654. The van der Waals surface area contributed by atoms with Crippen LogP contribution >= 0.6 is 0 Å². The number of nitrogens with two attached hydrogens (primary N) is 1. The van der Waals surface area contributed by atoms with E-state index in [1.165, 1.54) is 22.3 Å². The zero-order chi connectivity index (χ0) is 15.4. The number of benzene rings is 2. The second-order valence-corrected chi connectivity index (χ2v) is 5.80. The third-order valence-electron chi connectivity index (χ3n) is 3.73. The van der Waals surface area contributed by atoms with Crippen molar-refractivity contribution in [3.63, 3.8) is 0 Å². The second-order valence-electron chi connectivity index (χ2n) is 5.80. The maximum absolute atomic E-state index is 5.84. The molecule has 2 aromatic rings. The highest BCUT2D eigenvalue weighted by molar-refractivity contribution is 5.92. The fourth-order valence-corrected chi connectivity index (χ4v) is 2.40. The molecule has 2 N–H and O–H groups in total. The van der Waals surface area contributed by atoms with E-state index in [0.717, 1.165) is 11.4 Å². The smallest absolute Gasteiger partial charge is 0.0708 e. The van der Waals surface area contributed by atoms with E-state index in [-0.39, 0.29) is 0 Å². The van der Waals surface area contributed by atoms with Crippen LogP contribution in [0.4, 0.5) is 5.69 Å². The standard InChI is InChI=1S/C19H24N2/c1-13(2)19(12-20)21-18-10-9-14(3)11-17(18)16-8-6-5-7-15(16)4/h5-11,13H,12,20H2,1-4H3. The molecule has 0 radical (unpaired) electrons. The molecular weight excluding hydrogens is 256 g/mol. The first-order chi connectivity index (χ1) is 10.0. The van der Waals surface area contributed by atoms with Crippen molar-refractivity contribution in [2.45, 2.75) is 27.7 Å². The number of aliphatic imine (C=N–C) groups is 1. The molecule has 0 aliphatic heterocycles. The van der Waals surface area contributed by atoms with Gasteiger partial charge in [-0.25, -0.2) is 0 Å². The number of aryl methyl sites for hydroxylation is 2. The minimum absolute atomic E-state index is 0.362. The minimum Gasteiger partial charge on any atom is -0.325 e. The lowest BCUT2D eigenvalue weighted by molar-refractivity contribution is 0.865. The molecule has 0 spiro atoms. The van der Waals surface area contributed by atoms with Gasteiger partial charge in [-0.05, 0) is 43.0 Å². The lowest BCUT2D eigenvalue weighted by Gasteiger charge is -2.13. The predicted molar refractivity (Wildman–Crippen MR) is 92.3 cm³/mol. The predicted octanol–water partition coefficient (Wildman–Crippen LogP) is 4.66. The summed E-state index contributed by atoms with van der Waals surface area (Å²) in [6.07, 6.45) is 0. The zero-order valence-electron chi connectivity index (χ0n) is 13.4. The molecular formula is C19H24N2. The van der Waals surface area contributed by atoms with Crippen molar-refractivity contribution in [3.8, 4) is 11.1 Å². The van der Waals surface area contributed by atoms with Gasteiger partial charge in [-0.2, -0.15) is 0 Å². The molecule has 0 amide bonds. The van der Waals surface area contributed by atoms with Crippen LogP contribution in [0, 0.1) is 19.8 Å². The Kier molecular flexibility index (Phi) is 4.92. The summed E-state index contributed by atoms with van der Waals surface area (Å²) in [6, 6.07) is 14.8. The van der Waals surface area contributed by atoms with Crippen molar-refractivity contribution >= 4 is 11.4 Å². The van der Waals surface area contributed by atoms with Gasteiger partial charge in [0.2, 0.25) is 0 Å². The van der Waals surface area contributed by atoms with Gasteiger partial charge in [0.15, 0.2) is 0 Å². The summed E-state index contributed by atoms with van der Waals surface area (Å²) in [4.78, 5) is 4.83. The summed E-state index contributed by atoms with van der Waals surface area (Å²) in [5.74, 6) is 0.362. The monoisotopic (exact) mass is 280 g/mol. The molecule has 21 heavy (non-hydrogen) atoms. The maximum atomic E-state index is 5.84. The summed E-state index contributed by atoms with van der Waals surface area (Å²) in [6.45, 7) is 9.01. The topological polar surface area (TPSA) is 38.4 Å². The molecule has 2 aromatic carbocycles. The normalized spacial score (nSPS) is 12.0. The Balaban J connectivity index is 2.61. The van der Waals surface area contributed by atoms with Crippen molar-refractivity contribution < 1.29 is 0 Å². The van der Waals surface area contributed by atoms with Gasteiger partial charge in [-0.15, -0.1) is 0 Å². The Hall–Kier alpha value is -1.93. The van der Waals surface area contributed by atoms with E-state index in [4.69, 9.17) is 10.7 Å². The molecule has 0 saturated carbocycles. The highest BCUT2D eigenvalue weighted by Gasteiger charge is 2.09. The minimum atomic E-state index is 0.362. The average Bonchev–Trinajstić information content (AvgIpc) is 2.46. The van der Waals surface area contributed by atoms with Gasteiger partial charge in [0.05, 0.1) is 5.69 Å². The molecule has 110 valence electrons. The van der Waals surface area contributed by atoms with E-state index in [9.17, 15) is 0 Å². The van der Waals surface area contributed by atoms with Crippen molar-refractivity contribution in [1.29, 1.82) is 0 Å². The van der Waals surface area contributed by atoms with E-state index in [1.54, 1.807) is 0 Å². The molecule has 2 nitrogen and oxygen atoms in total. The first-order valence-electron chi connectivity index (χ1n) is 7.47. The Morgan fingerprint density at radius 2 is 1.76 bits per heavy atom. The molecule has 0 aromatic heterocycles. The van der Waals surface area contributed by atoms with Crippen molar-refractivity contribution in [1.82, 2.24) is 0 Å². The van der Waals surface area contributed by atoms with Crippen LogP contribution < -0.4 is 5.73 Å². The number of nitrogens with zero attached hydrogens (tertiary/aromatic N) is 1. The first-order valence-corrected chi connectivity index (χ1v) is 7.47. The largest absolute Gasteiger partial charge is 0.325 e. The lowest BCUT2D eigenvalue weighted by Crippen LogP contribution is -2.19. The maximum Gasteiger partial charge on any atom is 0.0708 e. The van der Waals surface area contributed by atoms with Gasteiger partial charge in [0, 0.05) is 17.8 Å². The molecule has 0 heterocycles. The molecule has 0 saturated heterocycles. The lowest BCUT2D eigenvalue weighted by atomic mass is 9.97. The van der Waals surface area contributed by atoms with E-state index < -0.39 is 0 Å². The zero-order valence-corrected chi connectivity index (χ0v) is 13.4. The first kappa shape index (κ1) is 15.5. The van der Waals surface area contributed by atoms with Gasteiger partial charge in [-0.3, -0.25) is 4.99 Å². The fraction of sp³-hybridized carbons (Fsp3) is 0.316. The van der Waals surface area contributed by atoms with E-state index in [0.29, 0.717) is 12.5 Å². The van der Waals surface area contributed by atoms with Gasteiger partial charge in [0.25, 0.3) is 0 Å². The van der Waals surface area contributed by atoms with Crippen molar-refractivity contribution in [2.75, 3.05) is 6.54 Å². The molecule has 2 heteroatoms. The molecule has 2 rings (SSSR count). The Morgan fingerprint density at radius 3 is 2.38 bits per heavy atom. The third-order valence-corrected chi connectivity index (χ3v) is 3.73. The Labute approximate surface area is 127 Å². The van der Waals surface area contributed by atoms with Gasteiger partial charge in [-0.1, -0.05) is 49.7 Å². The molecule has 0 bridgehead atoms. The average molecular weight is 280 g/mol. The van der Waals surface area contributed by atoms with Gasteiger partial charge in [0.1, 0.15) is 0 Å².